The Bertz CT molecular complexity index is 349. The molecule has 0 saturated carbocycles. The molecular formula is C12H15NO3. The molecule has 1 rings (SSSR count). The number of hydrogen-bond donors (Lipinski definition) is 1. The molecule has 86 valence electrons. The molecule has 0 bridgehead atoms. The van der Waals surface area contributed by atoms with Crippen LogP contribution in [0, 0.1) is 0 Å². The molecule has 0 amide bonds. The van der Waals surface area contributed by atoms with Crippen LogP contribution in [0.4, 0.5) is 0 Å². The molecule has 0 aliphatic rings. The first-order valence-corrected chi connectivity index (χ1v) is 5.13. The number of esters is 1. The van der Waals surface area contributed by atoms with Gasteiger partial charge in [-0.2, -0.15) is 0 Å². The van der Waals surface area contributed by atoms with Gasteiger partial charge in [0.05, 0.1) is 13.2 Å². The Balaban J connectivity index is 2.63. The van der Waals surface area contributed by atoms with Crippen molar-refractivity contribution in [2.24, 2.45) is 4.99 Å². The fourth-order valence-electron chi connectivity index (χ4n) is 1.14. The van der Waals surface area contributed by atoms with Crippen molar-refractivity contribution in [3.05, 3.63) is 35.9 Å². The molecule has 1 atom stereocenters. The first kappa shape index (κ1) is 12.4. The Morgan fingerprint density at radius 1 is 1.50 bits per heavy atom. The van der Waals surface area contributed by atoms with E-state index in [0.717, 1.165) is 5.56 Å². The van der Waals surface area contributed by atoms with E-state index in [-0.39, 0.29) is 13.2 Å². The van der Waals surface area contributed by atoms with Crippen molar-refractivity contribution in [2.75, 3.05) is 13.2 Å². The van der Waals surface area contributed by atoms with Crippen LogP contribution in [0.2, 0.25) is 0 Å². The normalized spacial score (nSPS) is 12.6. The van der Waals surface area contributed by atoms with Crippen LogP contribution >= 0.6 is 0 Å². The molecule has 0 aromatic heterocycles. The predicted molar refractivity (Wildman–Crippen MR) is 61.5 cm³/mol. The van der Waals surface area contributed by atoms with E-state index >= 15 is 0 Å². The summed E-state index contributed by atoms with van der Waals surface area (Å²) in [5.74, 6) is -0.503. The molecule has 1 N–H and O–H groups in total. The zero-order chi connectivity index (χ0) is 11.8. The van der Waals surface area contributed by atoms with Gasteiger partial charge in [0.15, 0.2) is 6.04 Å². The summed E-state index contributed by atoms with van der Waals surface area (Å²) < 4.78 is 4.77. The summed E-state index contributed by atoms with van der Waals surface area (Å²) >= 11 is 0. The third-order valence-electron chi connectivity index (χ3n) is 1.93. The van der Waals surface area contributed by atoms with Crippen LogP contribution in [0.25, 0.3) is 0 Å². The highest BCUT2D eigenvalue weighted by Gasteiger charge is 2.16. The lowest BCUT2D eigenvalue weighted by atomic mass is 10.2. The average Bonchev–Trinajstić information content (AvgIpc) is 2.31. The molecule has 1 aromatic rings. The maximum atomic E-state index is 11.3. The van der Waals surface area contributed by atoms with Gasteiger partial charge in [0.1, 0.15) is 0 Å². The monoisotopic (exact) mass is 221 g/mol. The Morgan fingerprint density at radius 2 is 2.19 bits per heavy atom. The average molecular weight is 221 g/mol. The Hall–Kier alpha value is -1.68. The van der Waals surface area contributed by atoms with E-state index in [9.17, 15) is 4.79 Å². The molecule has 0 aliphatic carbocycles. The van der Waals surface area contributed by atoms with Crippen molar-refractivity contribution in [1.82, 2.24) is 0 Å². The van der Waals surface area contributed by atoms with E-state index in [1.807, 2.05) is 30.3 Å². The SMILES string of the molecule is CCOC(=O)C(CO)N=Cc1ccccc1. The van der Waals surface area contributed by atoms with Crippen molar-refractivity contribution < 1.29 is 14.6 Å². The fraction of sp³-hybridized carbons (Fsp3) is 0.333. The highest BCUT2D eigenvalue weighted by Crippen LogP contribution is 1.98. The fourth-order valence-corrected chi connectivity index (χ4v) is 1.14. The van der Waals surface area contributed by atoms with Crippen LogP contribution in [0.1, 0.15) is 12.5 Å². The maximum absolute atomic E-state index is 11.3. The second kappa shape index (κ2) is 6.74. The highest BCUT2D eigenvalue weighted by atomic mass is 16.5. The largest absolute Gasteiger partial charge is 0.464 e. The molecular weight excluding hydrogens is 206 g/mol. The minimum Gasteiger partial charge on any atom is -0.464 e. The molecule has 0 fully saturated rings. The molecule has 0 spiro atoms. The van der Waals surface area contributed by atoms with Gasteiger partial charge in [0, 0.05) is 6.21 Å². The van der Waals surface area contributed by atoms with Gasteiger partial charge >= 0.3 is 5.97 Å². The van der Waals surface area contributed by atoms with E-state index in [4.69, 9.17) is 9.84 Å². The first-order valence-electron chi connectivity index (χ1n) is 5.13. The molecule has 1 unspecified atom stereocenters. The van der Waals surface area contributed by atoms with Gasteiger partial charge in [-0.05, 0) is 12.5 Å². The summed E-state index contributed by atoms with van der Waals surface area (Å²) in [7, 11) is 0. The first-order chi connectivity index (χ1) is 7.77. The van der Waals surface area contributed by atoms with Crippen molar-refractivity contribution in [3.63, 3.8) is 0 Å². The van der Waals surface area contributed by atoms with E-state index in [1.165, 1.54) is 0 Å². The van der Waals surface area contributed by atoms with E-state index in [0.29, 0.717) is 0 Å². The summed E-state index contributed by atoms with van der Waals surface area (Å²) in [5, 5.41) is 8.99. The van der Waals surface area contributed by atoms with Gasteiger partial charge in [-0.25, -0.2) is 4.79 Å². The number of benzene rings is 1. The lowest BCUT2D eigenvalue weighted by Gasteiger charge is -2.07. The molecule has 0 saturated heterocycles. The second-order valence-corrected chi connectivity index (χ2v) is 3.14. The number of nitrogens with zero attached hydrogens (tertiary/aromatic N) is 1. The maximum Gasteiger partial charge on any atom is 0.333 e. The van der Waals surface area contributed by atoms with Crippen LogP contribution in [0.3, 0.4) is 0 Å². The quantitative estimate of drug-likeness (QED) is 0.596. The summed E-state index contributed by atoms with van der Waals surface area (Å²) in [6.07, 6.45) is 1.55. The number of aliphatic hydroxyl groups is 1. The van der Waals surface area contributed by atoms with Gasteiger partial charge in [-0.3, -0.25) is 4.99 Å². The summed E-state index contributed by atoms with van der Waals surface area (Å²) in [4.78, 5) is 15.3. The van der Waals surface area contributed by atoms with Crippen LogP contribution in [-0.4, -0.2) is 36.5 Å². The minimum atomic E-state index is -0.833. The molecule has 16 heavy (non-hydrogen) atoms. The van der Waals surface area contributed by atoms with Crippen LogP contribution in [0.5, 0.6) is 0 Å². The molecule has 0 aliphatic heterocycles. The van der Waals surface area contributed by atoms with Crippen LogP contribution in [-0.2, 0) is 9.53 Å². The van der Waals surface area contributed by atoms with Crippen molar-refractivity contribution in [3.8, 4) is 0 Å². The van der Waals surface area contributed by atoms with E-state index in [1.54, 1.807) is 13.1 Å². The summed E-state index contributed by atoms with van der Waals surface area (Å²) in [6.45, 7) is 1.66. The standard InChI is InChI=1S/C12H15NO3/c1-2-16-12(15)11(9-14)13-8-10-6-4-3-5-7-10/h3-8,11,14H,2,9H2,1H3. The topological polar surface area (TPSA) is 58.9 Å². The van der Waals surface area contributed by atoms with Crippen LogP contribution in [0.15, 0.2) is 35.3 Å². The lowest BCUT2D eigenvalue weighted by Crippen LogP contribution is -2.25. The molecule has 0 heterocycles. The van der Waals surface area contributed by atoms with E-state index < -0.39 is 12.0 Å². The Kier molecular flexibility index (Phi) is 5.22. The summed E-state index contributed by atoms with van der Waals surface area (Å²) in [6, 6.07) is 8.54. The summed E-state index contributed by atoms with van der Waals surface area (Å²) in [5.41, 5.74) is 0.880. The molecule has 4 nitrogen and oxygen atoms in total. The number of carbonyl (C=O) groups excluding carboxylic acids is 1. The van der Waals surface area contributed by atoms with E-state index in [2.05, 4.69) is 4.99 Å². The zero-order valence-electron chi connectivity index (χ0n) is 9.17. The van der Waals surface area contributed by atoms with Gasteiger partial charge in [-0.1, -0.05) is 30.3 Å². The number of ether oxygens (including phenoxy) is 1. The van der Waals surface area contributed by atoms with Gasteiger partial charge in [0.25, 0.3) is 0 Å². The van der Waals surface area contributed by atoms with Crippen molar-refractivity contribution in [2.45, 2.75) is 13.0 Å². The number of carbonyl (C=O) groups is 1. The number of rotatable bonds is 5. The molecule has 4 heteroatoms. The van der Waals surface area contributed by atoms with Crippen molar-refractivity contribution in [1.29, 1.82) is 0 Å². The predicted octanol–water partition coefficient (Wildman–Crippen LogP) is 1.03. The number of hydrogen-bond acceptors (Lipinski definition) is 4. The minimum absolute atomic E-state index is 0.288. The third kappa shape index (κ3) is 3.82. The zero-order valence-corrected chi connectivity index (χ0v) is 9.17. The molecule has 1 aromatic carbocycles. The van der Waals surface area contributed by atoms with Crippen LogP contribution < -0.4 is 0 Å². The smallest absolute Gasteiger partial charge is 0.333 e. The number of aliphatic imine (C=N–C) groups is 1. The van der Waals surface area contributed by atoms with Gasteiger partial charge in [0.2, 0.25) is 0 Å². The van der Waals surface area contributed by atoms with Gasteiger partial charge < -0.3 is 9.84 Å². The highest BCUT2D eigenvalue weighted by molar-refractivity contribution is 5.84. The Morgan fingerprint density at radius 3 is 2.75 bits per heavy atom. The third-order valence-corrected chi connectivity index (χ3v) is 1.93. The second-order valence-electron chi connectivity index (χ2n) is 3.14. The Labute approximate surface area is 94.6 Å². The number of aliphatic hydroxyl groups excluding tert-OH is 1. The van der Waals surface area contributed by atoms with Gasteiger partial charge in [-0.15, -0.1) is 0 Å². The van der Waals surface area contributed by atoms with Crippen molar-refractivity contribution >= 4 is 12.2 Å². The lowest BCUT2D eigenvalue weighted by molar-refractivity contribution is -0.145. The molecule has 0 radical (unpaired) electrons.